The molecule has 6 nitrogen and oxygen atoms in total. The molecule has 0 aromatic carbocycles. The summed E-state index contributed by atoms with van der Waals surface area (Å²) in [4.78, 5) is 37.8. The van der Waals surface area contributed by atoms with Crippen molar-refractivity contribution in [3.8, 4) is 0 Å². The molecule has 0 spiro atoms. The van der Waals surface area contributed by atoms with Crippen molar-refractivity contribution in [3.05, 3.63) is 12.2 Å². The van der Waals surface area contributed by atoms with Crippen LogP contribution in [0.4, 0.5) is 0 Å². The highest BCUT2D eigenvalue weighted by Gasteiger charge is 2.53. The average Bonchev–Trinajstić information content (AvgIpc) is 3.18. The van der Waals surface area contributed by atoms with Gasteiger partial charge in [0, 0.05) is 13.6 Å². The molecule has 1 aliphatic heterocycles. The first kappa shape index (κ1) is 14.1. The van der Waals surface area contributed by atoms with E-state index in [0.29, 0.717) is 13.0 Å². The maximum Gasteiger partial charge on any atom is 0.307 e. The highest BCUT2D eigenvalue weighted by atomic mass is 16.4. The second-order valence-electron chi connectivity index (χ2n) is 6.14. The van der Waals surface area contributed by atoms with E-state index in [9.17, 15) is 19.5 Å². The van der Waals surface area contributed by atoms with Gasteiger partial charge in [-0.1, -0.05) is 12.2 Å². The van der Waals surface area contributed by atoms with Gasteiger partial charge in [-0.2, -0.15) is 0 Å². The fourth-order valence-corrected chi connectivity index (χ4v) is 4.16. The fourth-order valence-electron chi connectivity index (χ4n) is 4.16. The van der Waals surface area contributed by atoms with Crippen LogP contribution >= 0.6 is 0 Å². The van der Waals surface area contributed by atoms with Crippen LogP contribution in [0.1, 0.15) is 19.3 Å². The fraction of sp³-hybridized carbons (Fsp3) is 0.667. The van der Waals surface area contributed by atoms with Crippen LogP contribution in [0.25, 0.3) is 0 Å². The molecular formula is C15H20N2O4. The van der Waals surface area contributed by atoms with Gasteiger partial charge in [0.2, 0.25) is 11.8 Å². The molecule has 0 radical (unpaired) electrons. The van der Waals surface area contributed by atoms with Crippen LogP contribution in [0, 0.1) is 23.7 Å². The lowest BCUT2D eigenvalue weighted by Crippen LogP contribution is -2.49. The zero-order chi connectivity index (χ0) is 15.1. The van der Waals surface area contributed by atoms with Gasteiger partial charge in [0.1, 0.15) is 6.04 Å². The van der Waals surface area contributed by atoms with E-state index in [1.54, 1.807) is 11.9 Å². The van der Waals surface area contributed by atoms with Gasteiger partial charge in [0.25, 0.3) is 0 Å². The molecule has 21 heavy (non-hydrogen) atoms. The Morgan fingerprint density at radius 1 is 1.19 bits per heavy atom. The summed E-state index contributed by atoms with van der Waals surface area (Å²) in [7, 11) is 1.56. The topological polar surface area (TPSA) is 86.7 Å². The van der Waals surface area contributed by atoms with Gasteiger partial charge in [-0.25, -0.2) is 0 Å². The Morgan fingerprint density at radius 3 is 2.48 bits per heavy atom. The highest BCUT2D eigenvalue weighted by Crippen LogP contribution is 2.49. The third kappa shape index (κ3) is 2.13. The second-order valence-corrected chi connectivity index (χ2v) is 6.14. The zero-order valence-electron chi connectivity index (χ0n) is 12.0. The quantitative estimate of drug-likeness (QED) is 0.730. The van der Waals surface area contributed by atoms with E-state index in [1.807, 2.05) is 12.2 Å². The summed E-state index contributed by atoms with van der Waals surface area (Å²) in [5.41, 5.74) is 0. The number of likely N-dealkylation sites (N-methyl/N-ethyl adjacent to an activating group) is 1. The van der Waals surface area contributed by atoms with Crippen molar-refractivity contribution in [2.24, 2.45) is 23.7 Å². The maximum absolute atomic E-state index is 12.8. The monoisotopic (exact) mass is 292 g/mol. The Kier molecular flexibility index (Phi) is 3.47. The summed E-state index contributed by atoms with van der Waals surface area (Å²) in [6.45, 7) is 0.543. The lowest BCUT2D eigenvalue weighted by molar-refractivity contribution is -0.152. The number of allylic oxidation sites excluding steroid dienone is 2. The summed E-state index contributed by atoms with van der Waals surface area (Å²) in [5.74, 6) is -2.41. The molecule has 114 valence electrons. The molecular weight excluding hydrogens is 272 g/mol. The van der Waals surface area contributed by atoms with E-state index in [-0.39, 0.29) is 23.7 Å². The lowest BCUT2D eigenvalue weighted by Gasteiger charge is -2.31. The first-order chi connectivity index (χ1) is 10.0. The molecule has 2 N–H and O–H groups in total. The van der Waals surface area contributed by atoms with Crippen LogP contribution in [-0.2, 0) is 14.4 Å². The number of nitrogens with one attached hydrogen (secondary N) is 1. The number of likely N-dealkylation sites (tertiary alicyclic amines) is 1. The predicted molar refractivity (Wildman–Crippen MR) is 74.2 cm³/mol. The summed E-state index contributed by atoms with van der Waals surface area (Å²) in [5, 5.41) is 12.0. The molecule has 3 aliphatic rings. The Balaban J connectivity index is 1.83. The van der Waals surface area contributed by atoms with Crippen LogP contribution in [0.15, 0.2) is 12.2 Å². The molecule has 1 heterocycles. The molecule has 0 aromatic rings. The van der Waals surface area contributed by atoms with Crippen molar-refractivity contribution in [3.63, 3.8) is 0 Å². The minimum Gasteiger partial charge on any atom is -0.481 e. The molecule has 3 unspecified atom stereocenters. The molecule has 1 saturated carbocycles. The summed E-state index contributed by atoms with van der Waals surface area (Å²) >= 11 is 0. The third-order valence-electron chi connectivity index (χ3n) is 5.11. The zero-order valence-corrected chi connectivity index (χ0v) is 12.0. The number of aliphatic carboxylic acids is 1. The molecule has 2 bridgehead atoms. The van der Waals surface area contributed by atoms with Crippen LogP contribution in [0.3, 0.4) is 0 Å². The Hall–Kier alpha value is -1.85. The smallest absolute Gasteiger partial charge is 0.307 e. The average molecular weight is 292 g/mol. The van der Waals surface area contributed by atoms with Gasteiger partial charge in [-0.05, 0) is 31.1 Å². The molecule has 2 aliphatic carbocycles. The van der Waals surface area contributed by atoms with E-state index >= 15 is 0 Å². The Bertz CT molecular complexity index is 516. The van der Waals surface area contributed by atoms with Gasteiger partial charge >= 0.3 is 5.97 Å². The van der Waals surface area contributed by atoms with E-state index in [2.05, 4.69) is 5.32 Å². The molecule has 5 atom stereocenters. The second kappa shape index (κ2) is 5.16. The molecule has 6 heteroatoms. The largest absolute Gasteiger partial charge is 0.481 e. The van der Waals surface area contributed by atoms with Gasteiger partial charge < -0.3 is 15.3 Å². The van der Waals surface area contributed by atoms with E-state index in [4.69, 9.17) is 0 Å². The normalized spacial score (nSPS) is 37.0. The van der Waals surface area contributed by atoms with Crippen molar-refractivity contribution >= 4 is 17.8 Å². The SMILES string of the molecule is CNC(=O)C1CCCN1C(=O)[C@H]1C2C=CC(C2)[C@H]1C(=O)O. The number of nitrogens with zero attached hydrogens (tertiary/aromatic N) is 1. The number of rotatable bonds is 3. The molecule has 3 rings (SSSR count). The number of carboxylic acid groups (broad SMARTS) is 1. The number of amides is 2. The number of carbonyl (C=O) groups excluding carboxylic acids is 2. The number of carboxylic acids is 1. The van der Waals surface area contributed by atoms with E-state index < -0.39 is 23.8 Å². The minimum absolute atomic E-state index is 0.00883. The lowest BCUT2D eigenvalue weighted by atomic mass is 9.82. The summed E-state index contributed by atoms with van der Waals surface area (Å²) < 4.78 is 0. The van der Waals surface area contributed by atoms with Gasteiger partial charge in [-0.15, -0.1) is 0 Å². The van der Waals surface area contributed by atoms with Crippen molar-refractivity contribution < 1.29 is 19.5 Å². The van der Waals surface area contributed by atoms with E-state index in [1.165, 1.54) is 0 Å². The van der Waals surface area contributed by atoms with E-state index in [0.717, 1.165) is 12.8 Å². The van der Waals surface area contributed by atoms with Gasteiger partial charge in [0.05, 0.1) is 11.8 Å². The van der Waals surface area contributed by atoms with Crippen molar-refractivity contribution in [2.75, 3.05) is 13.6 Å². The molecule has 2 fully saturated rings. The van der Waals surface area contributed by atoms with Crippen LogP contribution in [0.5, 0.6) is 0 Å². The third-order valence-corrected chi connectivity index (χ3v) is 5.11. The molecule has 0 aromatic heterocycles. The Labute approximate surface area is 123 Å². The van der Waals surface area contributed by atoms with Crippen molar-refractivity contribution in [1.29, 1.82) is 0 Å². The molecule has 1 saturated heterocycles. The van der Waals surface area contributed by atoms with Gasteiger partial charge in [-0.3, -0.25) is 14.4 Å². The number of hydrogen-bond acceptors (Lipinski definition) is 3. The van der Waals surface area contributed by atoms with Crippen LogP contribution in [-0.4, -0.2) is 47.4 Å². The highest BCUT2D eigenvalue weighted by molar-refractivity contribution is 5.92. The van der Waals surface area contributed by atoms with Crippen LogP contribution in [0.2, 0.25) is 0 Å². The summed E-state index contributed by atoms with van der Waals surface area (Å²) in [6, 6.07) is -0.444. The predicted octanol–water partition coefficient (Wildman–Crippen LogP) is 0.246. The maximum atomic E-state index is 12.8. The number of fused-ring (bicyclic) bond motifs is 2. The number of hydrogen-bond donors (Lipinski definition) is 2. The minimum atomic E-state index is -0.902. The molecule has 2 amide bonds. The Morgan fingerprint density at radius 2 is 1.86 bits per heavy atom. The van der Waals surface area contributed by atoms with Crippen LogP contribution < -0.4 is 5.32 Å². The first-order valence-electron chi connectivity index (χ1n) is 7.47. The van der Waals surface area contributed by atoms with Crippen molar-refractivity contribution in [2.45, 2.75) is 25.3 Å². The summed E-state index contributed by atoms with van der Waals surface area (Å²) in [6.07, 6.45) is 6.08. The van der Waals surface area contributed by atoms with Crippen molar-refractivity contribution in [1.82, 2.24) is 10.2 Å². The number of carbonyl (C=O) groups is 3. The van der Waals surface area contributed by atoms with Gasteiger partial charge in [0.15, 0.2) is 0 Å². The standard InChI is InChI=1S/C15H20N2O4/c1-16-13(18)10-3-2-6-17(10)14(19)11-8-4-5-9(7-8)12(11)15(20)21/h4-5,8-12H,2-3,6-7H2,1H3,(H,16,18)(H,20,21)/t8?,9?,10?,11-,12+/m0/s1. The first-order valence-corrected chi connectivity index (χ1v) is 7.47.